The quantitative estimate of drug-likeness (QED) is 0.446. The van der Waals surface area contributed by atoms with Gasteiger partial charge in [0, 0.05) is 22.9 Å². The van der Waals surface area contributed by atoms with E-state index in [1.54, 1.807) is 0 Å². The summed E-state index contributed by atoms with van der Waals surface area (Å²) in [6.07, 6.45) is -9.86. The van der Waals surface area contributed by atoms with Crippen LogP contribution in [0.5, 0.6) is 0 Å². The smallest absolute Gasteiger partial charge is 0.337 e. The fraction of sp³-hybridized carbons (Fsp3) is 0.647. The van der Waals surface area contributed by atoms with E-state index >= 15 is 0 Å². The molecule has 1 aliphatic carbocycles. The Morgan fingerprint density at radius 1 is 1.32 bits per heavy atom. The number of carbonyl (C=O) groups excluding carboxylic acids is 1. The average molecular weight is 412 g/mol. The molecule has 156 valence electrons. The van der Waals surface area contributed by atoms with Crippen LogP contribution in [0.25, 0.3) is 0 Å². The van der Waals surface area contributed by atoms with Gasteiger partial charge in [0.2, 0.25) is 17.8 Å². The van der Waals surface area contributed by atoms with Crippen LogP contribution in [0, 0.1) is 5.41 Å². The van der Waals surface area contributed by atoms with Gasteiger partial charge in [-0.1, -0.05) is 0 Å². The van der Waals surface area contributed by atoms with Gasteiger partial charge in [0.25, 0.3) is 0 Å². The third-order valence-corrected chi connectivity index (χ3v) is 5.47. The minimum absolute atomic E-state index is 0.00655. The molecule has 2 atom stereocenters. The molecule has 2 aliphatic rings. The highest BCUT2D eigenvalue weighted by Gasteiger charge is 2.53. The molecule has 0 spiro atoms. The summed E-state index contributed by atoms with van der Waals surface area (Å²) in [6, 6.07) is 0.290. The van der Waals surface area contributed by atoms with Crippen molar-refractivity contribution >= 4 is 5.91 Å². The SMILES string of the molecule is N[C@@H]1CC[C@](CC(F)(F)F)(C(=O)N2CCc3c(cc(C(F)(F)F)c[n+]3O)C2)C1. The highest BCUT2D eigenvalue weighted by atomic mass is 19.4. The van der Waals surface area contributed by atoms with Crippen molar-refractivity contribution in [1.82, 2.24) is 4.90 Å². The molecule has 1 saturated carbocycles. The van der Waals surface area contributed by atoms with E-state index < -0.39 is 41.7 Å². The molecule has 0 saturated heterocycles. The van der Waals surface area contributed by atoms with E-state index in [2.05, 4.69) is 0 Å². The maximum atomic E-state index is 13.1. The maximum Gasteiger partial charge on any atom is 0.422 e. The Morgan fingerprint density at radius 2 is 2.00 bits per heavy atom. The molecule has 0 unspecified atom stereocenters. The summed E-state index contributed by atoms with van der Waals surface area (Å²) in [5.41, 5.74) is 3.23. The van der Waals surface area contributed by atoms with Gasteiger partial charge < -0.3 is 10.6 Å². The van der Waals surface area contributed by atoms with Gasteiger partial charge >= 0.3 is 12.4 Å². The van der Waals surface area contributed by atoms with Crippen LogP contribution in [0.15, 0.2) is 12.3 Å². The van der Waals surface area contributed by atoms with Gasteiger partial charge in [-0.2, -0.15) is 26.3 Å². The zero-order valence-corrected chi connectivity index (χ0v) is 14.8. The Kier molecular flexibility index (Phi) is 5.01. The average Bonchev–Trinajstić information content (AvgIpc) is 2.92. The number of rotatable bonds is 2. The molecule has 0 aromatic carbocycles. The maximum absolute atomic E-state index is 13.1. The van der Waals surface area contributed by atoms with Gasteiger partial charge in [0.15, 0.2) is 0 Å². The summed E-state index contributed by atoms with van der Waals surface area (Å²) < 4.78 is 78.7. The Balaban J connectivity index is 1.90. The molecule has 28 heavy (non-hydrogen) atoms. The largest absolute Gasteiger partial charge is 0.422 e. The summed E-state index contributed by atoms with van der Waals surface area (Å²) >= 11 is 0. The lowest BCUT2D eigenvalue weighted by atomic mass is 9.80. The van der Waals surface area contributed by atoms with Crippen molar-refractivity contribution < 1.29 is 41.1 Å². The van der Waals surface area contributed by atoms with Gasteiger partial charge in [-0.3, -0.25) is 10.0 Å². The van der Waals surface area contributed by atoms with Crippen LogP contribution in [-0.4, -0.2) is 34.8 Å². The fourth-order valence-electron chi connectivity index (χ4n) is 4.25. The Morgan fingerprint density at radius 3 is 2.54 bits per heavy atom. The van der Waals surface area contributed by atoms with E-state index in [0.717, 1.165) is 11.0 Å². The van der Waals surface area contributed by atoms with Gasteiger partial charge in [0.05, 0.1) is 24.8 Å². The summed E-state index contributed by atoms with van der Waals surface area (Å²) in [5.74, 6) is -0.745. The van der Waals surface area contributed by atoms with Gasteiger partial charge in [-0.25, -0.2) is 0 Å². The second-order valence-corrected chi connectivity index (χ2v) is 7.59. The number of nitrogens with two attached hydrogens (primary N) is 1. The second kappa shape index (κ2) is 6.78. The van der Waals surface area contributed by atoms with Crippen molar-refractivity contribution in [2.45, 2.75) is 57.0 Å². The Hall–Kier alpha value is -2.04. The topological polar surface area (TPSA) is 70.4 Å². The fourth-order valence-corrected chi connectivity index (χ4v) is 4.25. The number of nitrogens with zero attached hydrogens (tertiary/aromatic N) is 2. The predicted octanol–water partition coefficient (Wildman–Crippen LogP) is 2.56. The molecule has 0 bridgehead atoms. The Labute approximate surface area is 156 Å². The number of amides is 1. The lowest BCUT2D eigenvalue weighted by Gasteiger charge is -2.36. The van der Waals surface area contributed by atoms with Gasteiger partial charge in [-0.15, -0.1) is 0 Å². The normalized spacial score (nSPS) is 25.7. The number of fused-ring (bicyclic) bond motifs is 1. The summed E-state index contributed by atoms with van der Waals surface area (Å²) in [6.45, 7) is -0.292. The minimum Gasteiger partial charge on any atom is -0.337 e. The molecule has 3 N–H and O–H groups in total. The van der Waals surface area contributed by atoms with Crippen LogP contribution in [0.4, 0.5) is 26.3 Å². The molecule has 1 aliphatic heterocycles. The number of hydrogen-bond donors (Lipinski definition) is 2. The van der Waals surface area contributed by atoms with Crippen molar-refractivity contribution in [2.24, 2.45) is 11.1 Å². The number of carbonyl (C=O) groups is 1. The van der Waals surface area contributed by atoms with E-state index in [9.17, 15) is 36.3 Å². The summed E-state index contributed by atoms with van der Waals surface area (Å²) in [4.78, 5) is 14.1. The monoisotopic (exact) mass is 412 g/mol. The first-order chi connectivity index (χ1) is 12.8. The summed E-state index contributed by atoms with van der Waals surface area (Å²) in [5, 5.41) is 9.82. The number of aromatic nitrogens is 1. The first-order valence-corrected chi connectivity index (χ1v) is 8.76. The number of hydrogen-bond acceptors (Lipinski definition) is 3. The summed E-state index contributed by atoms with van der Waals surface area (Å²) in [7, 11) is 0. The van der Waals surface area contributed by atoms with Gasteiger partial charge in [-0.05, 0) is 25.3 Å². The molecule has 5 nitrogen and oxygen atoms in total. The molecular weight excluding hydrogens is 392 g/mol. The molecule has 1 aromatic heterocycles. The molecule has 1 fully saturated rings. The van der Waals surface area contributed by atoms with Crippen LogP contribution in [0.3, 0.4) is 0 Å². The zero-order chi connectivity index (χ0) is 20.9. The van der Waals surface area contributed by atoms with Crippen LogP contribution in [-0.2, 0) is 23.9 Å². The first-order valence-electron chi connectivity index (χ1n) is 8.76. The number of pyridine rings is 1. The second-order valence-electron chi connectivity index (χ2n) is 7.59. The number of alkyl halides is 6. The zero-order valence-electron chi connectivity index (χ0n) is 14.8. The van der Waals surface area contributed by atoms with E-state index in [-0.39, 0.29) is 50.0 Å². The van der Waals surface area contributed by atoms with Crippen molar-refractivity contribution in [3.05, 3.63) is 29.1 Å². The molecule has 2 heterocycles. The molecule has 1 amide bonds. The molecule has 0 radical (unpaired) electrons. The van der Waals surface area contributed by atoms with Gasteiger partial charge in [0.1, 0.15) is 5.56 Å². The minimum atomic E-state index is -4.71. The highest BCUT2D eigenvalue weighted by Crippen LogP contribution is 2.47. The molecule has 1 aromatic rings. The van der Waals surface area contributed by atoms with E-state index in [1.807, 2.05) is 0 Å². The lowest BCUT2D eigenvalue weighted by molar-refractivity contribution is -0.910. The predicted molar refractivity (Wildman–Crippen MR) is 82.9 cm³/mol. The van der Waals surface area contributed by atoms with Crippen molar-refractivity contribution in [3.8, 4) is 0 Å². The Bertz CT molecular complexity index is 779. The van der Waals surface area contributed by atoms with Crippen LogP contribution >= 0.6 is 0 Å². The lowest BCUT2D eigenvalue weighted by Crippen LogP contribution is -2.50. The van der Waals surface area contributed by atoms with E-state index in [4.69, 9.17) is 5.73 Å². The van der Waals surface area contributed by atoms with Crippen LogP contribution in [0.1, 0.15) is 42.5 Å². The van der Waals surface area contributed by atoms with Crippen molar-refractivity contribution in [1.29, 1.82) is 0 Å². The highest BCUT2D eigenvalue weighted by molar-refractivity contribution is 5.83. The molecule has 11 heteroatoms. The van der Waals surface area contributed by atoms with E-state index in [1.165, 1.54) is 0 Å². The van der Waals surface area contributed by atoms with Crippen molar-refractivity contribution in [3.63, 3.8) is 0 Å². The standard InChI is InChI=1S/C17H20F6N3O2/c18-16(19,20)9-15(3-1-12(24)6-15)14(27)25-4-2-13-10(7-25)5-11(8-26(13)28)17(21,22)23/h5,8,12,28H,1-4,6-7,9,24H2/q+1/t12-,15+/m1/s1. The number of halogens is 6. The third kappa shape index (κ3) is 4.03. The van der Waals surface area contributed by atoms with E-state index in [0.29, 0.717) is 10.9 Å². The molecular formula is C17H20F6N3O2+. The van der Waals surface area contributed by atoms with Crippen LogP contribution in [0.2, 0.25) is 0 Å². The van der Waals surface area contributed by atoms with Crippen molar-refractivity contribution in [2.75, 3.05) is 6.54 Å². The first kappa shape index (κ1) is 20.7. The third-order valence-electron chi connectivity index (χ3n) is 5.47. The molecule has 3 rings (SSSR count). The van der Waals surface area contributed by atoms with Crippen LogP contribution < -0.4 is 10.5 Å².